The van der Waals surface area contributed by atoms with Gasteiger partial charge in [-0.15, -0.1) is 36.2 Å². The molecule has 0 atom stereocenters. The van der Waals surface area contributed by atoms with E-state index in [-0.39, 0.29) is 43.7 Å². The molecule has 7 nitrogen and oxygen atoms in total. The van der Waals surface area contributed by atoms with Crippen molar-refractivity contribution in [3.8, 4) is 11.1 Å². The van der Waals surface area contributed by atoms with Crippen molar-refractivity contribution in [3.05, 3.63) is 68.4 Å². The summed E-state index contributed by atoms with van der Waals surface area (Å²) < 4.78 is 5.57. The molecule has 10 heteroatoms. The molecule has 0 fully saturated rings. The third kappa shape index (κ3) is 6.76. The first-order chi connectivity index (χ1) is 15.2. The molecule has 3 rings (SSSR count). The zero-order chi connectivity index (χ0) is 23.4. The zero-order valence-corrected chi connectivity index (χ0v) is 22.0. The first-order valence-corrected chi connectivity index (χ1v) is 11.3. The van der Waals surface area contributed by atoms with Crippen molar-refractivity contribution in [2.24, 2.45) is 17.4 Å². The molecule has 4 N–H and O–H groups in total. The fourth-order valence-electron chi connectivity index (χ4n) is 3.56. The van der Waals surface area contributed by atoms with Crippen molar-refractivity contribution < 1.29 is 14.3 Å². The summed E-state index contributed by atoms with van der Waals surface area (Å²) >= 11 is 1.21. The number of pyridine rings is 1. The van der Waals surface area contributed by atoms with Crippen molar-refractivity contribution >= 4 is 48.0 Å². The van der Waals surface area contributed by atoms with Crippen molar-refractivity contribution in [2.45, 2.75) is 47.3 Å². The molecule has 0 aliphatic heterocycles. The van der Waals surface area contributed by atoms with Crippen LogP contribution in [0.5, 0.6) is 0 Å². The maximum absolute atomic E-state index is 13.2. The molecule has 3 aromatic rings. The van der Waals surface area contributed by atoms with Crippen LogP contribution in [0, 0.1) is 19.8 Å². The third-order valence-corrected chi connectivity index (χ3v) is 5.87. The van der Waals surface area contributed by atoms with Gasteiger partial charge in [0.25, 0.3) is 5.91 Å². The topological polar surface area (TPSA) is 121 Å². The van der Waals surface area contributed by atoms with Crippen LogP contribution in [0.15, 0.2) is 29.6 Å². The summed E-state index contributed by atoms with van der Waals surface area (Å²) in [6.45, 7) is 8.27. The summed E-state index contributed by atoms with van der Waals surface area (Å²) in [5, 5.41) is 2.04. The van der Waals surface area contributed by atoms with E-state index < -0.39 is 11.9 Å². The maximum atomic E-state index is 13.2. The summed E-state index contributed by atoms with van der Waals surface area (Å²) in [6.07, 6.45) is 0.760. The number of hydrogen-bond acceptors (Lipinski definition) is 7. The van der Waals surface area contributed by atoms with Crippen LogP contribution in [0.3, 0.4) is 0 Å². The minimum Gasteiger partial charge on any atom is -0.455 e. The standard InChI is InChI=1S/C24H28N4O3S.2ClH/c1-13(2)9-18-17(10-25)22(16-7-5-14(3)6-8-16)21(15(4)27-18)24(30)31-11-20-28-19(12-32-20)23(26)29;;/h5-8,12-13H,9-11,25H2,1-4H3,(H2,26,29);2*1H. The molecular formula is C24H30Cl2N4O3S. The van der Waals surface area contributed by atoms with Crippen molar-refractivity contribution in [3.63, 3.8) is 0 Å². The number of amides is 1. The molecule has 2 heterocycles. The van der Waals surface area contributed by atoms with Crippen molar-refractivity contribution in [2.75, 3.05) is 0 Å². The first kappa shape index (κ1) is 29.5. The van der Waals surface area contributed by atoms with Gasteiger partial charge in [0.2, 0.25) is 0 Å². The Morgan fingerprint density at radius 1 is 1.09 bits per heavy atom. The van der Waals surface area contributed by atoms with Crippen LogP contribution in [0.2, 0.25) is 0 Å². The number of rotatable bonds is 8. The number of aryl methyl sites for hydroxylation is 2. The average Bonchev–Trinajstić information content (AvgIpc) is 3.21. The third-order valence-electron chi connectivity index (χ3n) is 5.05. The molecule has 0 radical (unpaired) electrons. The lowest BCUT2D eigenvalue weighted by Gasteiger charge is -2.20. The van der Waals surface area contributed by atoms with E-state index in [4.69, 9.17) is 21.2 Å². The maximum Gasteiger partial charge on any atom is 0.341 e. The number of hydrogen-bond donors (Lipinski definition) is 2. The van der Waals surface area contributed by atoms with Crippen molar-refractivity contribution in [1.29, 1.82) is 0 Å². The fourth-order valence-corrected chi connectivity index (χ4v) is 4.25. The fraction of sp³-hybridized carbons (Fsp3) is 0.333. The molecule has 0 aliphatic carbocycles. The van der Waals surface area contributed by atoms with Gasteiger partial charge in [-0.05, 0) is 37.3 Å². The van der Waals surface area contributed by atoms with Crippen LogP contribution in [-0.4, -0.2) is 21.8 Å². The SMILES string of the molecule is Cc1ccc(-c2c(CN)c(CC(C)C)nc(C)c2C(=O)OCc2nc(C(N)=O)cs2)cc1.Cl.Cl. The Balaban J connectivity index is 0.00000289. The van der Waals surface area contributed by atoms with Crippen molar-refractivity contribution in [1.82, 2.24) is 9.97 Å². The molecule has 0 aliphatic rings. The molecular weight excluding hydrogens is 495 g/mol. The van der Waals surface area contributed by atoms with Crippen LogP contribution in [0.25, 0.3) is 11.1 Å². The summed E-state index contributed by atoms with van der Waals surface area (Å²) in [4.78, 5) is 33.3. The lowest BCUT2D eigenvalue weighted by Crippen LogP contribution is -2.17. The number of carbonyl (C=O) groups is 2. The highest BCUT2D eigenvalue weighted by molar-refractivity contribution is 7.09. The average molecular weight is 526 g/mol. The van der Waals surface area contributed by atoms with Crippen LogP contribution >= 0.6 is 36.2 Å². The van der Waals surface area contributed by atoms with E-state index in [2.05, 4.69) is 18.8 Å². The van der Waals surface area contributed by atoms with Crippen LogP contribution in [0.1, 0.15) is 62.2 Å². The zero-order valence-electron chi connectivity index (χ0n) is 19.6. The van der Waals surface area contributed by atoms with Gasteiger partial charge < -0.3 is 16.2 Å². The molecule has 1 aromatic carbocycles. The molecule has 0 spiro atoms. The van der Waals surface area contributed by atoms with E-state index in [1.54, 1.807) is 5.38 Å². The number of carbonyl (C=O) groups excluding carboxylic acids is 2. The molecule has 1 amide bonds. The normalized spacial score (nSPS) is 10.4. The predicted molar refractivity (Wildman–Crippen MR) is 140 cm³/mol. The Labute approximate surface area is 216 Å². The molecule has 0 saturated heterocycles. The second-order valence-electron chi connectivity index (χ2n) is 8.11. The number of primary amides is 1. The number of aromatic nitrogens is 2. The van der Waals surface area contributed by atoms with Crippen LogP contribution < -0.4 is 11.5 Å². The number of ether oxygens (including phenoxy) is 1. The van der Waals surface area contributed by atoms with E-state index >= 15 is 0 Å². The Kier molecular flexibility index (Phi) is 11.1. The number of nitrogens with zero attached hydrogens (tertiary/aromatic N) is 2. The molecule has 2 aromatic heterocycles. The molecule has 0 saturated carbocycles. The number of nitrogens with two attached hydrogens (primary N) is 2. The van der Waals surface area contributed by atoms with E-state index in [9.17, 15) is 9.59 Å². The van der Waals surface area contributed by atoms with Gasteiger partial charge in [0, 0.05) is 23.2 Å². The predicted octanol–water partition coefficient (Wildman–Crippen LogP) is 4.78. The van der Waals surface area contributed by atoms with Gasteiger partial charge in [-0.25, -0.2) is 9.78 Å². The number of esters is 1. The Morgan fingerprint density at radius 2 is 1.74 bits per heavy atom. The lowest BCUT2D eigenvalue weighted by atomic mass is 9.90. The molecule has 0 unspecified atom stereocenters. The Morgan fingerprint density at radius 3 is 2.26 bits per heavy atom. The second-order valence-corrected chi connectivity index (χ2v) is 9.05. The van der Waals surface area contributed by atoms with Gasteiger partial charge in [-0.2, -0.15) is 0 Å². The highest BCUT2D eigenvalue weighted by Gasteiger charge is 2.25. The van der Waals surface area contributed by atoms with Gasteiger partial charge >= 0.3 is 5.97 Å². The summed E-state index contributed by atoms with van der Waals surface area (Å²) in [5.74, 6) is -0.735. The highest BCUT2D eigenvalue weighted by Crippen LogP contribution is 2.33. The Hall–Kier alpha value is -2.52. The van der Waals surface area contributed by atoms with E-state index in [0.717, 1.165) is 34.4 Å². The number of thiazole rings is 1. The molecule has 34 heavy (non-hydrogen) atoms. The quantitative estimate of drug-likeness (QED) is 0.409. The summed E-state index contributed by atoms with van der Waals surface area (Å²) in [5.41, 5.74) is 17.1. The minimum atomic E-state index is -0.617. The Bertz CT molecular complexity index is 1150. The molecule has 184 valence electrons. The van der Waals surface area contributed by atoms with E-state index in [1.165, 1.54) is 11.3 Å². The van der Waals surface area contributed by atoms with Gasteiger partial charge in [0.05, 0.1) is 11.3 Å². The lowest BCUT2D eigenvalue weighted by molar-refractivity contribution is 0.0471. The van der Waals surface area contributed by atoms with E-state index in [0.29, 0.717) is 22.2 Å². The largest absolute Gasteiger partial charge is 0.455 e. The van der Waals surface area contributed by atoms with Crippen LogP contribution in [0.4, 0.5) is 0 Å². The number of benzene rings is 1. The van der Waals surface area contributed by atoms with E-state index in [1.807, 2.05) is 38.1 Å². The van der Waals surface area contributed by atoms with Crippen LogP contribution in [-0.2, 0) is 24.3 Å². The smallest absolute Gasteiger partial charge is 0.341 e. The summed E-state index contributed by atoms with van der Waals surface area (Å²) in [6, 6.07) is 7.98. The summed E-state index contributed by atoms with van der Waals surface area (Å²) in [7, 11) is 0. The second kappa shape index (κ2) is 12.8. The highest BCUT2D eigenvalue weighted by atomic mass is 35.5. The number of halogens is 2. The molecule has 0 bridgehead atoms. The first-order valence-electron chi connectivity index (χ1n) is 10.4. The van der Waals surface area contributed by atoms with Gasteiger partial charge in [-0.1, -0.05) is 43.7 Å². The minimum absolute atomic E-state index is 0. The van der Waals surface area contributed by atoms with Gasteiger partial charge in [-0.3, -0.25) is 9.78 Å². The van der Waals surface area contributed by atoms with Gasteiger partial charge in [0.1, 0.15) is 17.3 Å². The monoisotopic (exact) mass is 524 g/mol. The van der Waals surface area contributed by atoms with Gasteiger partial charge in [0.15, 0.2) is 0 Å².